The van der Waals surface area contributed by atoms with Gasteiger partial charge in [-0.15, -0.1) is 0 Å². The van der Waals surface area contributed by atoms with E-state index in [1.54, 1.807) is 0 Å². The van der Waals surface area contributed by atoms with Crippen molar-refractivity contribution in [2.75, 3.05) is 32.4 Å². The molecule has 1 unspecified atom stereocenters. The van der Waals surface area contributed by atoms with Crippen LogP contribution in [-0.2, 0) is 24.3 Å². The Morgan fingerprint density at radius 2 is 1.13 bits per heavy atom. The summed E-state index contributed by atoms with van der Waals surface area (Å²) in [7, 11) is -4.31. The third-order valence-corrected chi connectivity index (χ3v) is 5.31. The molecule has 0 aliphatic carbocycles. The standard InChI is InChI=1S/C22H46O6S.Na/c1-3-4-5-6-7-8-9-10-11-12-13-14-15-16-17-28-22(2)20-26-18-19-27-21-29(23,24)25;/h22H,3-21H2,1-2H3,(H,23,24,25);/q;+1/p-1. The van der Waals surface area contributed by atoms with Crippen LogP contribution < -0.4 is 29.6 Å². The summed E-state index contributed by atoms with van der Waals surface area (Å²) in [6.07, 6.45) is 18.8. The summed E-state index contributed by atoms with van der Waals surface area (Å²) in [6, 6.07) is 0. The third-order valence-electron chi connectivity index (χ3n) is 4.85. The average Bonchev–Trinajstić information content (AvgIpc) is 2.66. The third kappa shape index (κ3) is 28.8. The molecule has 0 bridgehead atoms. The van der Waals surface area contributed by atoms with E-state index in [-0.39, 0.29) is 48.9 Å². The quantitative estimate of drug-likeness (QED) is 0.132. The first-order valence-corrected chi connectivity index (χ1v) is 13.2. The van der Waals surface area contributed by atoms with Crippen LogP contribution in [0.4, 0.5) is 0 Å². The van der Waals surface area contributed by atoms with Gasteiger partial charge in [0.2, 0.25) is 0 Å². The van der Waals surface area contributed by atoms with E-state index in [0.717, 1.165) is 13.0 Å². The van der Waals surface area contributed by atoms with Gasteiger partial charge >= 0.3 is 29.6 Å². The van der Waals surface area contributed by atoms with Gasteiger partial charge in [-0.1, -0.05) is 90.4 Å². The summed E-state index contributed by atoms with van der Waals surface area (Å²) in [5.74, 6) is -0.804. The van der Waals surface area contributed by atoms with Crippen LogP contribution in [0.1, 0.15) is 104 Å². The monoisotopic (exact) mass is 460 g/mol. The topological polar surface area (TPSA) is 84.9 Å². The molecular weight excluding hydrogens is 415 g/mol. The van der Waals surface area contributed by atoms with Gasteiger partial charge in [-0.3, -0.25) is 0 Å². The van der Waals surface area contributed by atoms with Gasteiger partial charge in [0.05, 0.1) is 25.9 Å². The van der Waals surface area contributed by atoms with E-state index in [0.29, 0.717) is 6.61 Å². The normalized spacial score (nSPS) is 12.6. The van der Waals surface area contributed by atoms with Gasteiger partial charge in [-0.2, -0.15) is 0 Å². The van der Waals surface area contributed by atoms with Gasteiger partial charge in [0.25, 0.3) is 0 Å². The van der Waals surface area contributed by atoms with Crippen molar-refractivity contribution in [3.05, 3.63) is 0 Å². The molecule has 0 aromatic heterocycles. The molecule has 0 aliphatic heterocycles. The fraction of sp³-hybridized carbons (Fsp3) is 1.00. The fourth-order valence-electron chi connectivity index (χ4n) is 3.16. The number of rotatable bonds is 23. The van der Waals surface area contributed by atoms with Crippen LogP contribution in [0.2, 0.25) is 0 Å². The first-order valence-electron chi connectivity index (χ1n) is 11.7. The minimum absolute atomic E-state index is 0. The molecule has 0 amide bonds. The largest absolute Gasteiger partial charge is 1.00 e. The van der Waals surface area contributed by atoms with E-state index < -0.39 is 16.1 Å². The van der Waals surface area contributed by atoms with Crippen molar-refractivity contribution in [1.82, 2.24) is 0 Å². The molecular formula is C22H45NaO6S. The van der Waals surface area contributed by atoms with Gasteiger partial charge in [0.1, 0.15) is 16.1 Å². The van der Waals surface area contributed by atoms with Crippen LogP contribution >= 0.6 is 0 Å². The van der Waals surface area contributed by atoms with Crippen LogP contribution in [0.15, 0.2) is 0 Å². The first-order chi connectivity index (χ1) is 14.0. The Labute approximate surface area is 208 Å². The Bertz CT molecular complexity index is 433. The zero-order chi connectivity index (χ0) is 21.6. The maximum absolute atomic E-state index is 10.4. The van der Waals surface area contributed by atoms with Crippen molar-refractivity contribution < 1.29 is 56.7 Å². The average molecular weight is 461 g/mol. The molecule has 1 atom stereocenters. The van der Waals surface area contributed by atoms with Crippen molar-refractivity contribution in [2.45, 2.75) is 110 Å². The molecule has 30 heavy (non-hydrogen) atoms. The molecule has 0 saturated carbocycles. The maximum Gasteiger partial charge on any atom is 1.00 e. The molecule has 0 aliphatic rings. The van der Waals surface area contributed by atoms with Gasteiger partial charge in [0.15, 0.2) is 0 Å². The zero-order valence-corrected chi connectivity index (χ0v) is 22.7. The van der Waals surface area contributed by atoms with Crippen molar-refractivity contribution >= 4 is 10.1 Å². The van der Waals surface area contributed by atoms with E-state index in [2.05, 4.69) is 6.92 Å². The number of ether oxygens (including phenoxy) is 3. The molecule has 6 nitrogen and oxygen atoms in total. The minimum atomic E-state index is -4.31. The SMILES string of the molecule is CCCCCCCCCCCCCCCCOC(C)COCCOCS(=O)(=O)[O-].[Na+]. The minimum Gasteiger partial charge on any atom is -0.746 e. The summed E-state index contributed by atoms with van der Waals surface area (Å²) < 4.78 is 46.8. The Morgan fingerprint density at radius 3 is 1.60 bits per heavy atom. The summed E-state index contributed by atoms with van der Waals surface area (Å²) in [4.78, 5) is 0. The summed E-state index contributed by atoms with van der Waals surface area (Å²) in [5.41, 5.74) is 0. The van der Waals surface area contributed by atoms with E-state index >= 15 is 0 Å². The van der Waals surface area contributed by atoms with E-state index in [9.17, 15) is 13.0 Å². The fourth-order valence-corrected chi connectivity index (χ4v) is 3.48. The molecule has 176 valence electrons. The molecule has 0 heterocycles. The van der Waals surface area contributed by atoms with Gasteiger partial charge in [-0.25, -0.2) is 8.42 Å². The Balaban J connectivity index is 0. The van der Waals surface area contributed by atoms with Crippen LogP contribution in [0.25, 0.3) is 0 Å². The van der Waals surface area contributed by atoms with E-state index in [4.69, 9.17) is 14.2 Å². The second kappa shape index (κ2) is 24.4. The second-order valence-electron chi connectivity index (χ2n) is 7.94. The van der Waals surface area contributed by atoms with Crippen LogP contribution in [0.3, 0.4) is 0 Å². The molecule has 0 aromatic carbocycles. The first kappa shape index (κ1) is 33.0. The number of unbranched alkanes of at least 4 members (excludes halogenated alkanes) is 13. The smallest absolute Gasteiger partial charge is 0.746 e. The zero-order valence-electron chi connectivity index (χ0n) is 19.9. The molecule has 0 N–H and O–H groups in total. The van der Waals surface area contributed by atoms with Crippen molar-refractivity contribution in [3.63, 3.8) is 0 Å². The molecule has 8 heteroatoms. The molecule has 0 aromatic rings. The molecule has 0 fully saturated rings. The molecule has 0 spiro atoms. The molecule has 0 saturated heterocycles. The Kier molecular flexibility index (Phi) is 26.8. The van der Waals surface area contributed by atoms with Gasteiger partial charge in [-0.05, 0) is 13.3 Å². The van der Waals surface area contributed by atoms with Crippen LogP contribution in [-0.4, -0.2) is 51.4 Å². The second-order valence-corrected chi connectivity index (χ2v) is 9.29. The van der Waals surface area contributed by atoms with E-state index in [1.807, 2.05) is 6.92 Å². The van der Waals surface area contributed by atoms with Crippen LogP contribution in [0.5, 0.6) is 0 Å². The summed E-state index contributed by atoms with van der Waals surface area (Å²) in [5, 5.41) is 0. The van der Waals surface area contributed by atoms with Gasteiger partial charge in [0, 0.05) is 6.61 Å². The van der Waals surface area contributed by atoms with Crippen molar-refractivity contribution in [1.29, 1.82) is 0 Å². The van der Waals surface area contributed by atoms with Crippen LogP contribution in [0, 0.1) is 0 Å². The molecule has 0 radical (unpaired) electrons. The summed E-state index contributed by atoms with van der Waals surface area (Å²) >= 11 is 0. The maximum atomic E-state index is 10.4. The summed E-state index contributed by atoms with van der Waals surface area (Å²) in [6.45, 7) is 5.74. The predicted molar refractivity (Wildman–Crippen MR) is 117 cm³/mol. The molecule has 0 rings (SSSR count). The number of hydrogen-bond acceptors (Lipinski definition) is 6. The van der Waals surface area contributed by atoms with Gasteiger partial charge < -0.3 is 18.8 Å². The Morgan fingerprint density at radius 1 is 0.700 bits per heavy atom. The number of hydrogen-bond donors (Lipinski definition) is 0. The van der Waals surface area contributed by atoms with Crippen molar-refractivity contribution in [2.24, 2.45) is 0 Å². The Hall–Kier alpha value is 0.790. The van der Waals surface area contributed by atoms with Crippen molar-refractivity contribution in [3.8, 4) is 0 Å². The predicted octanol–water partition coefficient (Wildman–Crippen LogP) is 2.41. The van der Waals surface area contributed by atoms with E-state index in [1.165, 1.54) is 83.5 Å².